The number of rotatable bonds is 2. The lowest BCUT2D eigenvalue weighted by Crippen LogP contribution is -2.54. The van der Waals surface area contributed by atoms with Crippen molar-refractivity contribution < 1.29 is 19.1 Å². The molecule has 0 atom stereocenters. The van der Waals surface area contributed by atoms with Crippen LogP contribution in [0.3, 0.4) is 0 Å². The molecule has 28 heavy (non-hydrogen) atoms. The van der Waals surface area contributed by atoms with E-state index in [0.717, 1.165) is 4.90 Å². The average molecular weight is 456 g/mol. The van der Waals surface area contributed by atoms with E-state index in [1.807, 2.05) is 0 Å². The van der Waals surface area contributed by atoms with E-state index >= 15 is 0 Å². The van der Waals surface area contributed by atoms with Crippen LogP contribution in [0.4, 0.5) is 5.69 Å². The van der Waals surface area contributed by atoms with Crippen LogP contribution in [-0.4, -0.2) is 23.7 Å². The number of anilines is 1. The fraction of sp³-hybridized carbons (Fsp3) is 0.0556. The normalized spacial score (nSPS) is 17.3. The fourth-order valence-electron chi connectivity index (χ4n) is 2.74. The lowest BCUT2D eigenvalue weighted by Gasteiger charge is -2.29. The van der Waals surface area contributed by atoms with Crippen molar-refractivity contribution in [2.75, 3.05) is 11.7 Å². The van der Waals surface area contributed by atoms with Gasteiger partial charge in [0.25, 0.3) is 11.8 Å². The van der Waals surface area contributed by atoms with Gasteiger partial charge in [-0.15, -0.1) is 0 Å². The smallest absolute Gasteiger partial charge is 0.270 e. The van der Waals surface area contributed by atoms with Gasteiger partial charge in [0.2, 0.25) is 6.79 Å². The van der Waals surface area contributed by atoms with Gasteiger partial charge in [-0.1, -0.05) is 40.9 Å². The van der Waals surface area contributed by atoms with Crippen molar-refractivity contribution in [2.45, 2.75) is 0 Å². The highest BCUT2D eigenvalue weighted by Crippen LogP contribution is 2.38. The highest BCUT2D eigenvalue weighted by atomic mass is 35.5. The van der Waals surface area contributed by atoms with Crippen molar-refractivity contribution in [1.29, 1.82) is 0 Å². The minimum atomic E-state index is -0.661. The van der Waals surface area contributed by atoms with Crippen molar-refractivity contribution in [3.8, 4) is 11.5 Å². The molecule has 6 nitrogen and oxygen atoms in total. The first-order valence-electron chi connectivity index (χ1n) is 7.81. The largest absolute Gasteiger partial charge is 0.454 e. The second-order valence-corrected chi connectivity index (χ2v) is 7.34. The van der Waals surface area contributed by atoms with Crippen LogP contribution in [0, 0.1) is 0 Å². The van der Waals surface area contributed by atoms with E-state index in [4.69, 9.17) is 56.5 Å². The Morgan fingerprint density at radius 2 is 1.79 bits per heavy atom. The molecule has 0 spiro atoms. The molecule has 0 saturated carbocycles. The Morgan fingerprint density at radius 1 is 1.07 bits per heavy atom. The summed E-state index contributed by atoms with van der Waals surface area (Å²) in [6.45, 7) is 0.0699. The van der Waals surface area contributed by atoms with Gasteiger partial charge in [-0.25, -0.2) is 0 Å². The maximum absolute atomic E-state index is 13.1. The molecule has 2 aromatic rings. The summed E-state index contributed by atoms with van der Waals surface area (Å²) in [5.41, 5.74) is 0.492. The minimum absolute atomic E-state index is 0.0699. The van der Waals surface area contributed by atoms with Crippen LogP contribution in [0.25, 0.3) is 6.08 Å². The zero-order valence-electron chi connectivity index (χ0n) is 13.8. The van der Waals surface area contributed by atoms with Crippen LogP contribution >= 0.6 is 47.0 Å². The van der Waals surface area contributed by atoms with E-state index < -0.39 is 11.8 Å². The molecule has 0 bridgehead atoms. The predicted molar refractivity (Wildman–Crippen MR) is 110 cm³/mol. The van der Waals surface area contributed by atoms with E-state index in [1.165, 1.54) is 6.08 Å². The van der Waals surface area contributed by atoms with Gasteiger partial charge in [-0.2, -0.15) is 0 Å². The van der Waals surface area contributed by atoms with Crippen LogP contribution in [0.15, 0.2) is 35.9 Å². The Bertz CT molecular complexity index is 1090. The van der Waals surface area contributed by atoms with Gasteiger partial charge >= 0.3 is 0 Å². The Balaban J connectivity index is 1.78. The monoisotopic (exact) mass is 454 g/mol. The van der Waals surface area contributed by atoms with Crippen molar-refractivity contribution >= 4 is 75.7 Å². The van der Waals surface area contributed by atoms with E-state index in [-0.39, 0.29) is 38.2 Å². The number of fused-ring (bicyclic) bond motifs is 1. The lowest BCUT2D eigenvalue weighted by molar-refractivity contribution is -0.122. The summed E-state index contributed by atoms with van der Waals surface area (Å²) in [7, 11) is 0. The molecule has 10 heteroatoms. The first-order chi connectivity index (χ1) is 13.4. The number of hydrogen-bond acceptors (Lipinski definition) is 5. The zero-order valence-corrected chi connectivity index (χ0v) is 16.9. The summed E-state index contributed by atoms with van der Waals surface area (Å²) in [6.07, 6.45) is 1.36. The number of nitrogens with one attached hydrogen (secondary N) is 1. The van der Waals surface area contributed by atoms with Gasteiger partial charge in [-0.05, 0) is 42.1 Å². The first kappa shape index (κ1) is 19.0. The van der Waals surface area contributed by atoms with Crippen LogP contribution in [0.1, 0.15) is 5.56 Å². The molecular weight excluding hydrogens is 447 g/mol. The third-order valence-electron chi connectivity index (χ3n) is 4.07. The minimum Gasteiger partial charge on any atom is -0.454 e. The standard InChI is InChI=1S/C18H9Cl3N2O4S/c19-10-2-1-3-12(15(10)21)23-17(25)9(16(24)22-18(23)28)4-8-5-13-14(6-11(8)20)27-7-26-13/h1-6H,7H2,(H,22,24,28)/b9-4+. The molecule has 1 N–H and O–H groups in total. The zero-order chi connectivity index (χ0) is 20.0. The van der Waals surface area contributed by atoms with Crippen LogP contribution in [0.2, 0.25) is 15.1 Å². The summed E-state index contributed by atoms with van der Waals surface area (Å²) in [5, 5.41) is 3.04. The molecule has 1 fully saturated rings. The average Bonchev–Trinajstić information content (AvgIpc) is 3.09. The molecule has 142 valence electrons. The van der Waals surface area contributed by atoms with Crippen molar-refractivity contribution in [1.82, 2.24) is 5.32 Å². The topological polar surface area (TPSA) is 67.9 Å². The van der Waals surface area contributed by atoms with Crippen molar-refractivity contribution in [2.24, 2.45) is 0 Å². The third kappa shape index (κ3) is 3.20. The summed E-state index contributed by atoms with van der Waals surface area (Å²) in [5.74, 6) is -0.366. The fourth-order valence-corrected chi connectivity index (χ4v) is 3.60. The van der Waals surface area contributed by atoms with E-state index in [9.17, 15) is 9.59 Å². The molecule has 4 rings (SSSR count). The van der Waals surface area contributed by atoms with Gasteiger partial charge in [0.05, 0.1) is 20.8 Å². The molecule has 0 aliphatic carbocycles. The molecule has 0 aromatic heterocycles. The van der Waals surface area contributed by atoms with Gasteiger partial charge in [0, 0.05) is 6.07 Å². The number of nitrogens with zero attached hydrogens (tertiary/aromatic N) is 1. The van der Waals surface area contributed by atoms with Gasteiger partial charge in [0.15, 0.2) is 16.6 Å². The second-order valence-electron chi connectivity index (χ2n) is 5.76. The second kappa shape index (κ2) is 7.25. The molecule has 0 radical (unpaired) electrons. The van der Waals surface area contributed by atoms with E-state index in [1.54, 1.807) is 30.3 Å². The highest BCUT2D eigenvalue weighted by Gasteiger charge is 2.36. The van der Waals surface area contributed by atoms with Gasteiger partial charge in [-0.3, -0.25) is 19.8 Å². The lowest BCUT2D eigenvalue weighted by atomic mass is 10.1. The van der Waals surface area contributed by atoms with E-state index in [2.05, 4.69) is 5.32 Å². The maximum atomic E-state index is 13.1. The number of hydrogen-bond donors (Lipinski definition) is 1. The quantitative estimate of drug-likeness (QED) is 0.417. The molecule has 0 unspecified atom stereocenters. The summed E-state index contributed by atoms with van der Waals surface area (Å²) in [6, 6.07) is 7.90. The molecule has 2 aliphatic rings. The Labute approximate surface area is 179 Å². The number of carbonyl (C=O) groups excluding carboxylic acids is 2. The number of ether oxygens (including phenoxy) is 2. The van der Waals surface area contributed by atoms with Crippen LogP contribution < -0.4 is 19.7 Å². The van der Waals surface area contributed by atoms with Gasteiger partial charge < -0.3 is 9.47 Å². The van der Waals surface area contributed by atoms with Crippen molar-refractivity contribution in [3.05, 3.63) is 56.5 Å². The Morgan fingerprint density at radius 3 is 2.54 bits per heavy atom. The number of amides is 2. The summed E-state index contributed by atoms with van der Waals surface area (Å²) >= 11 is 23.7. The predicted octanol–water partition coefficient (Wildman–Crippen LogP) is 4.21. The van der Waals surface area contributed by atoms with E-state index in [0.29, 0.717) is 17.1 Å². The third-order valence-corrected chi connectivity index (χ3v) is 5.49. The molecular formula is C18H9Cl3N2O4S. The Hall–Kier alpha value is -2.32. The summed E-state index contributed by atoms with van der Waals surface area (Å²) in [4.78, 5) is 26.6. The SMILES string of the molecule is O=C1NC(=S)N(c2cccc(Cl)c2Cl)C(=O)/C1=C/c1cc2c(cc1Cl)OCO2. The molecule has 2 amide bonds. The number of benzene rings is 2. The molecule has 2 aliphatic heterocycles. The Kier molecular flexibility index (Phi) is 4.93. The summed E-state index contributed by atoms with van der Waals surface area (Å²) < 4.78 is 10.6. The molecule has 2 aromatic carbocycles. The van der Waals surface area contributed by atoms with Crippen molar-refractivity contribution in [3.63, 3.8) is 0 Å². The molecule has 2 heterocycles. The number of carbonyl (C=O) groups is 2. The first-order valence-corrected chi connectivity index (χ1v) is 9.35. The molecule has 1 saturated heterocycles. The van der Waals surface area contributed by atoms with Gasteiger partial charge in [0.1, 0.15) is 5.57 Å². The number of thiocarbonyl (C=S) groups is 1. The highest BCUT2D eigenvalue weighted by molar-refractivity contribution is 7.80. The van der Waals surface area contributed by atoms with Crippen LogP contribution in [-0.2, 0) is 9.59 Å². The van der Waals surface area contributed by atoms with Crippen LogP contribution in [0.5, 0.6) is 11.5 Å². The number of halogens is 3. The maximum Gasteiger partial charge on any atom is 0.270 e.